The first kappa shape index (κ1) is 8.24. The van der Waals surface area contributed by atoms with Crippen LogP contribution >= 0.6 is 24.8 Å². The highest BCUT2D eigenvalue weighted by atomic mass is 32.1. The molecule has 1 N–H and O–H groups in total. The Kier molecular flexibility index (Phi) is 4.28. The minimum absolute atomic E-state index is 0.458. The molecule has 0 heterocycles. The third-order valence-electron chi connectivity index (χ3n) is 0.982. The summed E-state index contributed by atoms with van der Waals surface area (Å²) in [5.74, 6) is 0. The lowest BCUT2D eigenvalue weighted by atomic mass is 10.3. The molecular weight excluding hydrogens is 138 g/mol. The van der Waals surface area contributed by atoms with Gasteiger partial charge in [-0.15, -0.1) is 12.6 Å². The van der Waals surface area contributed by atoms with Gasteiger partial charge in [-0.25, -0.2) is 0 Å². The minimum atomic E-state index is 0.458. The molecule has 0 bridgehead atoms. The molecule has 0 aromatic carbocycles. The van der Waals surface area contributed by atoms with Crippen LogP contribution in [0.4, 0.5) is 0 Å². The van der Waals surface area contributed by atoms with Crippen molar-refractivity contribution in [3.05, 3.63) is 0 Å². The average Bonchev–Trinajstić information content (AvgIpc) is 1.65. The van der Waals surface area contributed by atoms with Gasteiger partial charge in [-0.1, -0.05) is 19.1 Å². The van der Waals surface area contributed by atoms with Gasteiger partial charge < -0.3 is 5.32 Å². The summed E-state index contributed by atoms with van der Waals surface area (Å²) in [4.78, 5) is 0. The van der Waals surface area contributed by atoms with Gasteiger partial charge in [0.15, 0.2) is 0 Å². The van der Waals surface area contributed by atoms with E-state index in [1.807, 2.05) is 0 Å². The van der Waals surface area contributed by atoms with Gasteiger partial charge in [0.25, 0.3) is 0 Å². The van der Waals surface area contributed by atoms with Crippen LogP contribution in [-0.4, -0.2) is 10.4 Å². The molecule has 0 unspecified atom stereocenters. The lowest BCUT2D eigenvalue weighted by Gasteiger charge is -2.08. The molecule has 48 valence electrons. The largest absolute Gasteiger partial charge is 0.369 e. The molecule has 0 rings (SSSR count). The Labute approximate surface area is 61.3 Å². The van der Waals surface area contributed by atoms with Crippen molar-refractivity contribution in [3.63, 3.8) is 0 Å². The average molecular weight is 149 g/mol. The van der Waals surface area contributed by atoms with Crippen molar-refractivity contribution < 1.29 is 0 Å². The van der Waals surface area contributed by atoms with E-state index in [9.17, 15) is 0 Å². The van der Waals surface area contributed by atoms with Gasteiger partial charge in [-0.2, -0.15) is 0 Å². The molecular formula is C5H11NS2. The fourth-order valence-corrected chi connectivity index (χ4v) is 0.734. The third kappa shape index (κ3) is 4.40. The van der Waals surface area contributed by atoms with Crippen molar-refractivity contribution in [2.24, 2.45) is 0 Å². The summed E-state index contributed by atoms with van der Waals surface area (Å²) in [6.45, 7) is 4.17. The van der Waals surface area contributed by atoms with Crippen molar-refractivity contribution in [1.82, 2.24) is 5.32 Å². The van der Waals surface area contributed by atoms with Gasteiger partial charge in [-0.05, 0) is 13.3 Å². The number of thiol groups is 1. The van der Waals surface area contributed by atoms with Crippen LogP contribution < -0.4 is 5.32 Å². The summed E-state index contributed by atoms with van der Waals surface area (Å²) in [5.41, 5.74) is 0. The van der Waals surface area contributed by atoms with Crippen LogP contribution in [0.15, 0.2) is 0 Å². The molecule has 0 aliphatic rings. The predicted octanol–water partition coefficient (Wildman–Crippen LogP) is 1.59. The molecule has 0 aliphatic heterocycles. The standard InChI is InChI=1S/C5H11NS2/c1-3-4(2)6-5(7)8/h4H,3H2,1-2H3,(H2,6,7,8)/t4-/m1/s1. The van der Waals surface area contributed by atoms with E-state index in [2.05, 4.69) is 31.8 Å². The van der Waals surface area contributed by atoms with E-state index < -0.39 is 0 Å². The number of rotatable bonds is 2. The smallest absolute Gasteiger partial charge is 0.130 e. The summed E-state index contributed by atoms with van der Waals surface area (Å²) in [7, 11) is 0. The predicted molar refractivity (Wildman–Crippen MR) is 44.5 cm³/mol. The van der Waals surface area contributed by atoms with Crippen LogP contribution in [0.5, 0.6) is 0 Å². The van der Waals surface area contributed by atoms with E-state index in [-0.39, 0.29) is 0 Å². The maximum atomic E-state index is 4.69. The van der Waals surface area contributed by atoms with E-state index in [0.717, 1.165) is 6.42 Å². The zero-order valence-electron chi connectivity index (χ0n) is 5.14. The highest BCUT2D eigenvalue weighted by Crippen LogP contribution is 1.89. The Morgan fingerprint density at radius 3 is 2.50 bits per heavy atom. The molecule has 8 heavy (non-hydrogen) atoms. The molecule has 0 aromatic heterocycles. The van der Waals surface area contributed by atoms with Gasteiger partial charge >= 0.3 is 0 Å². The molecule has 3 heteroatoms. The van der Waals surface area contributed by atoms with Crippen LogP contribution in [0.1, 0.15) is 20.3 Å². The van der Waals surface area contributed by atoms with E-state index in [4.69, 9.17) is 12.2 Å². The first-order chi connectivity index (χ1) is 3.66. The lowest BCUT2D eigenvalue weighted by molar-refractivity contribution is 0.651. The summed E-state index contributed by atoms with van der Waals surface area (Å²) < 4.78 is 0.583. The third-order valence-corrected chi connectivity index (χ3v) is 1.23. The highest BCUT2D eigenvalue weighted by molar-refractivity contribution is 8.11. The molecule has 0 fully saturated rings. The zero-order valence-corrected chi connectivity index (χ0v) is 6.85. The normalized spacial score (nSPS) is 12.9. The highest BCUT2D eigenvalue weighted by Gasteiger charge is 1.94. The SMILES string of the molecule is CC[C@@H](C)NC(=S)S. The molecule has 1 atom stereocenters. The van der Waals surface area contributed by atoms with Gasteiger partial charge in [-0.3, -0.25) is 0 Å². The van der Waals surface area contributed by atoms with Gasteiger partial charge in [0.05, 0.1) is 0 Å². The molecule has 1 nitrogen and oxygen atoms in total. The van der Waals surface area contributed by atoms with Crippen molar-refractivity contribution in [3.8, 4) is 0 Å². The van der Waals surface area contributed by atoms with Crippen LogP contribution in [0.25, 0.3) is 0 Å². The molecule has 0 spiro atoms. The fraction of sp³-hybridized carbons (Fsp3) is 0.800. The maximum Gasteiger partial charge on any atom is 0.130 e. The van der Waals surface area contributed by atoms with Crippen LogP contribution in [0, 0.1) is 0 Å². The van der Waals surface area contributed by atoms with Crippen LogP contribution in [0.3, 0.4) is 0 Å². The summed E-state index contributed by atoms with van der Waals surface area (Å²) in [6.07, 6.45) is 1.08. The second kappa shape index (κ2) is 4.15. The Hall–Kier alpha value is 0.240. The van der Waals surface area contributed by atoms with Gasteiger partial charge in [0, 0.05) is 6.04 Å². The number of nitrogens with one attached hydrogen (secondary N) is 1. The molecule has 0 aromatic rings. The zero-order chi connectivity index (χ0) is 6.57. The van der Waals surface area contributed by atoms with Crippen molar-refractivity contribution in [1.29, 1.82) is 0 Å². The second-order valence-corrected chi connectivity index (χ2v) is 2.92. The topological polar surface area (TPSA) is 12.0 Å². The maximum absolute atomic E-state index is 4.69. The first-order valence-corrected chi connectivity index (χ1v) is 3.51. The Morgan fingerprint density at radius 1 is 1.88 bits per heavy atom. The Bertz CT molecular complexity index is 82.5. The number of hydrogen-bond donors (Lipinski definition) is 2. The fourth-order valence-electron chi connectivity index (χ4n) is 0.313. The lowest BCUT2D eigenvalue weighted by Crippen LogP contribution is -2.26. The van der Waals surface area contributed by atoms with E-state index in [1.165, 1.54) is 0 Å². The Morgan fingerprint density at radius 2 is 2.38 bits per heavy atom. The quantitative estimate of drug-likeness (QED) is 0.457. The van der Waals surface area contributed by atoms with Gasteiger partial charge in [0.2, 0.25) is 0 Å². The van der Waals surface area contributed by atoms with Crippen LogP contribution in [0.2, 0.25) is 0 Å². The number of hydrogen-bond acceptors (Lipinski definition) is 1. The summed E-state index contributed by atoms with van der Waals surface area (Å²) >= 11 is 8.60. The number of thiocarbonyl (C=S) groups is 1. The first-order valence-electron chi connectivity index (χ1n) is 2.66. The molecule has 0 amide bonds. The van der Waals surface area contributed by atoms with Crippen LogP contribution in [-0.2, 0) is 0 Å². The summed E-state index contributed by atoms with van der Waals surface area (Å²) in [6, 6.07) is 0.458. The van der Waals surface area contributed by atoms with Crippen molar-refractivity contribution in [2.75, 3.05) is 0 Å². The summed E-state index contributed by atoms with van der Waals surface area (Å²) in [5, 5.41) is 2.99. The van der Waals surface area contributed by atoms with Crippen molar-refractivity contribution in [2.45, 2.75) is 26.3 Å². The molecule has 0 saturated carbocycles. The van der Waals surface area contributed by atoms with Gasteiger partial charge in [0.1, 0.15) is 4.32 Å². The van der Waals surface area contributed by atoms with Crippen molar-refractivity contribution >= 4 is 29.2 Å². The monoisotopic (exact) mass is 149 g/mol. The van der Waals surface area contributed by atoms with E-state index in [0.29, 0.717) is 10.4 Å². The molecule has 0 aliphatic carbocycles. The Balaban J connectivity index is 3.24. The second-order valence-electron chi connectivity index (χ2n) is 1.76. The minimum Gasteiger partial charge on any atom is -0.369 e. The van der Waals surface area contributed by atoms with E-state index >= 15 is 0 Å². The molecule has 0 saturated heterocycles. The van der Waals surface area contributed by atoms with E-state index in [1.54, 1.807) is 0 Å². The molecule has 0 radical (unpaired) electrons.